The van der Waals surface area contributed by atoms with Crippen molar-refractivity contribution in [2.24, 2.45) is 11.8 Å². The van der Waals surface area contributed by atoms with Crippen molar-refractivity contribution < 1.29 is 4.42 Å². The van der Waals surface area contributed by atoms with Crippen molar-refractivity contribution in [1.82, 2.24) is 4.98 Å². The van der Waals surface area contributed by atoms with Crippen LogP contribution in [0, 0.1) is 18.8 Å². The predicted octanol–water partition coefficient (Wildman–Crippen LogP) is 4.37. The van der Waals surface area contributed by atoms with E-state index in [1.165, 1.54) is 19.3 Å². The normalized spacial score (nSPS) is 27.6. The Balaban J connectivity index is 1.77. The minimum Gasteiger partial charge on any atom is -0.441 e. The Labute approximate surface area is 114 Å². The second kappa shape index (κ2) is 4.87. The molecule has 1 heterocycles. The number of anilines is 1. The summed E-state index contributed by atoms with van der Waals surface area (Å²) in [4.78, 5) is 4.39. The third-order valence-electron chi connectivity index (χ3n) is 4.04. The van der Waals surface area contributed by atoms with Crippen LogP contribution in [0.2, 0.25) is 0 Å². The molecule has 19 heavy (non-hydrogen) atoms. The molecule has 1 N–H and O–H groups in total. The molecule has 2 unspecified atom stereocenters. The van der Waals surface area contributed by atoms with E-state index in [-0.39, 0.29) is 0 Å². The van der Waals surface area contributed by atoms with Crippen molar-refractivity contribution in [3.05, 3.63) is 24.1 Å². The molecule has 1 aromatic heterocycles. The van der Waals surface area contributed by atoms with Crippen LogP contribution >= 0.6 is 0 Å². The zero-order valence-electron chi connectivity index (χ0n) is 11.9. The molecule has 1 aliphatic carbocycles. The summed E-state index contributed by atoms with van der Waals surface area (Å²) < 4.78 is 5.51. The fourth-order valence-corrected chi connectivity index (χ4v) is 3.43. The number of oxazole rings is 1. The molecule has 3 nitrogen and oxygen atoms in total. The highest BCUT2D eigenvalue weighted by molar-refractivity contribution is 5.77. The molecule has 1 aliphatic rings. The van der Waals surface area contributed by atoms with Gasteiger partial charge in [-0.25, -0.2) is 4.98 Å². The largest absolute Gasteiger partial charge is 0.441 e. The highest BCUT2D eigenvalue weighted by Gasteiger charge is 2.23. The average molecular weight is 258 g/mol. The average Bonchev–Trinajstić information content (AvgIpc) is 2.67. The maximum Gasteiger partial charge on any atom is 0.192 e. The summed E-state index contributed by atoms with van der Waals surface area (Å²) >= 11 is 0. The van der Waals surface area contributed by atoms with Gasteiger partial charge in [0.15, 0.2) is 11.5 Å². The van der Waals surface area contributed by atoms with Gasteiger partial charge in [0.05, 0.1) is 0 Å². The molecule has 0 amide bonds. The Morgan fingerprint density at radius 1 is 1.16 bits per heavy atom. The summed E-state index contributed by atoms with van der Waals surface area (Å²) in [7, 11) is 0. The molecule has 0 bridgehead atoms. The van der Waals surface area contributed by atoms with Crippen molar-refractivity contribution in [2.45, 2.75) is 46.1 Å². The van der Waals surface area contributed by atoms with E-state index in [1.54, 1.807) is 0 Å². The lowest BCUT2D eigenvalue weighted by atomic mass is 9.80. The Morgan fingerprint density at radius 2 is 1.89 bits per heavy atom. The van der Waals surface area contributed by atoms with Crippen LogP contribution in [0.5, 0.6) is 0 Å². The molecule has 3 heteroatoms. The summed E-state index contributed by atoms with van der Waals surface area (Å²) in [5.74, 6) is 2.37. The first kappa shape index (κ1) is 12.5. The lowest BCUT2D eigenvalue weighted by Gasteiger charge is -2.32. The molecule has 0 radical (unpaired) electrons. The van der Waals surface area contributed by atoms with Crippen molar-refractivity contribution in [3.63, 3.8) is 0 Å². The Bertz CT molecular complexity index is 565. The first-order valence-electron chi connectivity index (χ1n) is 7.24. The van der Waals surface area contributed by atoms with Gasteiger partial charge in [0.25, 0.3) is 0 Å². The smallest absolute Gasteiger partial charge is 0.192 e. The number of hydrogen-bond acceptors (Lipinski definition) is 3. The molecule has 0 saturated heterocycles. The summed E-state index contributed by atoms with van der Waals surface area (Å²) in [5.41, 5.74) is 2.97. The van der Waals surface area contributed by atoms with Crippen LogP contribution in [0.25, 0.3) is 11.1 Å². The third-order valence-corrected chi connectivity index (χ3v) is 4.04. The fraction of sp³-hybridized carbons (Fsp3) is 0.562. The number of benzene rings is 1. The number of nitrogens with zero attached hydrogens (tertiary/aromatic N) is 1. The lowest BCUT2D eigenvalue weighted by molar-refractivity contribution is 0.281. The quantitative estimate of drug-likeness (QED) is 0.869. The van der Waals surface area contributed by atoms with Crippen LogP contribution in [0.1, 0.15) is 39.0 Å². The maximum absolute atomic E-state index is 5.51. The maximum atomic E-state index is 5.51. The van der Waals surface area contributed by atoms with Crippen molar-refractivity contribution in [1.29, 1.82) is 0 Å². The highest BCUT2D eigenvalue weighted by atomic mass is 16.3. The van der Waals surface area contributed by atoms with E-state index in [0.717, 1.165) is 34.5 Å². The summed E-state index contributed by atoms with van der Waals surface area (Å²) in [5, 5.41) is 3.66. The Kier molecular flexibility index (Phi) is 3.21. The Morgan fingerprint density at radius 3 is 2.63 bits per heavy atom. The molecule has 2 aromatic rings. The number of aromatic nitrogens is 1. The van der Waals surface area contributed by atoms with Gasteiger partial charge in [-0.15, -0.1) is 0 Å². The van der Waals surface area contributed by atoms with Gasteiger partial charge in [-0.1, -0.05) is 13.8 Å². The van der Waals surface area contributed by atoms with Gasteiger partial charge < -0.3 is 9.73 Å². The zero-order valence-corrected chi connectivity index (χ0v) is 11.9. The molecule has 1 fully saturated rings. The minimum atomic E-state index is 0.587. The molecule has 0 spiro atoms. The monoisotopic (exact) mass is 258 g/mol. The van der Waals surface area contributed by atoms with E-state index >= 15 is 0 Å². The zero-order chi connectivity index (χ0) is 13.4. The minimum absolute atomic E-state index is 0.587. The third kappa shape index (κ3) is 2.75. The molecule has 3 rings (SSSR count). The van der Waals surface area contributed by atoms with Gasteiger partial charge >= 0.3 is 0 Å². The summed E-state index contributed by atoms with van der Waals surface area (Å²) in [6.07, 6.45) is 3.89. The molecule has 1 aromatic carbocycles. The number of nitrogens with one attached hydrogen (secondary N) is 1. The van der Waals surface area contributed by atoms with Gasteiger partial charge in [-0.3, -0.25) is 0 Å². The van der Waals surface area contributed by atoms with E-state index in [0.29, 0.717) is 6.04 Å². The van der Waals surface area contributed by atoms with E-state index < -0.39 is 0 Å². The van der Waals surface area contributed by atoms with Gasteiger partial charge in [0, 0.05) is 18.7 Å². The molecular weight excluding hydrogens is 236 g/mol. The second-order valence-electron chi connectivity index (χ2n) is 6.17. The molecular formula is C16H22N2O. The molecule has 0 aliphatic heterocycles. The van der Waals surface area contributed by atoms with Crippen LogP contribution in [0.15, 0.2) is 22.6 Å². The van der Waals surface area contributed by atoms with Gasteiger partial charge in [0.1, 0.15) is 5.52 Å². The van der Waals surface area contributed by atoms with E-state index in [9.17, 15) is 0 Å². The standard InChI is InChI=1S/C16H22N2O/c1-10-6-11(2)8-14(7-10)18-13-4-5-16-15(9-13)17-12(3)19-16/h4-5,9-11,14,18H,6-8H2,1-3H3. The number of fused-ring (bicyclic) bond motifs is 1. The predicted molar refractivity (Wildman–Crippen MR) is 78.3 cm³/mol. The second-order valence-corrected chi connectivity index (χ2v) is 6.17. The summed E-state index contributed by atoms with van der Waals surface area (Å²) in [6.45, 7) is 6.60. The lowest BCUT2D eigenvalue weighted by Crippen LogP contribution is -2.30. The topological polar surface area (TPSA) is 38.1 Å². The number of hydrogen-bond donors (Lipinski definition) is 1. The number of aryl methyl sites for hydroxylation is 1. The van der Waals surface area contributed by atoms with Crippen molar-refractivity contribution >= 4 is 16.8 Å². The van der Waals surface area contributed by atoms with Gasteiger partial charge in [-0.2, -0.15) is 0 Å². The van der Waals surface area contributed by atoms with Crippen molar-refractivity contribution in [2.75, 3.05) is 5.32 Å². The molecule has 102 valence electrons. The van der Waals surface area contributed by atoms with Gasteiger partial charge in [-0.05, 0) is 49.3 Å². The SMILES string of the molecule is Cc1nc2cc(NC3CC(C)CC(C)C3)ccc2o1. The first-order valence-corrected chi connectivity index (χ1v) is 7.24. The van der Waals surface area contributed by atoms with E-state index in [2.05, 4.69) is 36.3 Å². The highest BCUT2D eigenvalue weighted by Crippen LogP contribution is 2.31. The first-order chi connectivity index (χ1) is 9.10. The molecule has 1 saturated carbocycles. The van der Waals surface area contributed by atoms with Crippen LogP contribution < -0.4 is 5.32 Å². The molecule has 2 atom stereocenters. The van der Waals surface area contributed by atoms with Crippen molar-refractivity contribution in [3.8, 4) is 0 Å². The summed E-state index contributed by atoms with van der Waals surface area (Å²) in [6, 6.07) is 6.78. The van der Waals surface area contributed by atoms with Crippen LogP contribution in [-0.4, -0.2) is 11.0 Å². The fourth-order valence-electron chi connectivity index (χ4n) is 3.43. The van der Waals surface area contributed by atoms with Gasteiger partial charge in [0.2, 0.25) is 0 Å². The Hall–Kier alpha value is -1.51. The van der Waals surface area contributed by atoms with E-state index in [4.69, 9.17) is 4.42 Å². The van der Waals surface area contributed by atoms with E-state index in [1.807, 2.05) is 13.0 Å². The van der Waals surface area contributed by atoms with Crippen LogP contribution in [-0.2, 0) is 0 Å². The van der Waals surface area contributed by atoms with Crippen LogP contribution in [0.4, 0.5) is 5.69 Å². The number of rotatable bonds is 2. The van der Waals surface area contributed by atoms with Crippen LogP contribution in [0.3, 0.4) is 0 Å².